The lowest BCUT2D eigenvalue weighted by Gasteiger charge is -2.02. The zero-order valence-corrected chi connectivity index (χ0v) is 9.12. The van der Waals surface area contributed by atoms with Crippen LogP contribution in [0.1, 0.15) is 41.6 Å². The van der Waals surface area contributed by atoms with E-state index in [-0.39, 0.29) is 5.78 Å². The molecule has 0 unspecified atom stereocenters. The zero-order valence-electron chi connectivity index (χ0n) is 9.12. The summed E-state index contributed by atoms with van der Waals surface area (Å²) < 4.78 is 0. The Labute approximate surface area is 90.8 Å². The van der Waals surface area contributed by atoms with Crippen LogP contribution in [0.15, 0.2) is 35.9 Å². The lowest BCUT2D eigenvalue weighted by atomic mass is 10.0. The van der Waals surface area contributed by atoms with Gasteiger partial charge >= 0.3 is 0 Å². The minimum absolute atomic E-state index is 0.253. The molecule has 1 aliphatic rings. The number of carbonyl (C=O) groups excluding carboxylic acids is 1. The molecular formula is C14H16O. The maximum Gasteiger partial charge on any atom is 0.166 e. The van der Waals surface area contributed by atoms with Gasteiger partial charge in [-0.05, 0) is 26.2 Å². The van der Waals surface area contributed by atoms with Gasteiger partial charge in [0.15, 0.2) is 5.78 Å². The number of Topliss-reactive ketones (excluding diaryl/α,β-unsaturated/α-hetero) is 1. The molecule has 0 spiro atoms. The second kappa shape index (κ2) is 4.43. The average Bonchev–Trinajstić information content (AvgIpc) is 2.71. The molecular weight excluding hydrogens is 184 g/mol. The van der Waals surface area contributed by atoms with E-state index < -0.39 is 0 Å². The third-order valence-corrected chi connectivity index (χ3v) is 2.90. The van der Waals surface area contributed by atoms with E-state index in [1.165, 1.54) is 17.6 Å². The summed E-state index contributed by atoms with van der Waals surface area (Å²) in [6.45, 7) is 2.04. The zero-order chi connectivity index (χ0) is 10.7. The summed E-state index contributed by atoms with van der Waals surface area (Å²) in [5.41, 5.74) is 3.36. The topological polar surface area (TPSA) is 17.1 Å². The van der Waals surface area contributed by atoms with Crippen molar-refractivity contribution in [2.45, 2.75) is 32.6 Å². The van der Waals surface area contributed by atoms with Crippen LogP contribution in [0, 0.1) is 6.92 Å². The lowest BCUT2D eigenvalue weighted by Crippen LogP contribution is -1.99. The molecule has 0 saturated carbocycles. The van der Waals surface area contributed by atoms with E-state index in [4.69, 9.17) is 0 Å². The highest BCUT2D eigenvalue weighted by molar-refractivity contribution is 5.97. The normalized spacial score (nSPS) is 15.1. The fourth-order valence-electron chi connectivity index (χ4n) is 1.95. The van der Waals surface area contributed by atoms with E-state index in [2.05, 4.69) is 6.08 Å². The third-order valence-electron chi connectivity index (χ3n) is 2.90. The first-order chi connectivity index (χ1) is 7.25. The fourth-order valence-corrected chi connectivity index (χ4v) is 1.95. The minimum atomic E-state index is 0.253. The van der Waals surface area contributed by atoms with Crippen LogP contribution in [-0.2, 0) is 0 Å². The Hall–Kier alpha value is -1.37. The van der Waals surface area contributed by atoms with Crippen molar-refractivity contribution in [3.8, 4) is 0 Å². The largest absolute Gasteiger partial charge is 0.294 e. The molecule has 0 heterocycles. The van der Waals surface area contributed by atoms with E-state index >= 15 is 0 Å². The van der Waals surface area contributed by atoms with Crippen LogP contribution in [0.3, 0.4) is 0 Å². The van der Waals surface area contributed by atoms with Crippen molar-refractivity contribution in [2.24, 2.45) is 0 Å². The summed E-state index contributed by atoms with van der Waals surface area (Å²) in [4.78, 5) is 11.9. The van der Waals surface area contributed by atoms with E-state index in [0.29, 0.717) is 6.42 Å². The van der Waals surface area contributed by atoms with Crippen LogP contribution in [-0.4, -0.2) is 5.78 Å². The van der Waals surface area contributed by atoms with Gasteiger partial charge in [0.25, 0.3) is 0 Å². The molecule has 15 heavy (non-hydrogen) atoms. The number of benzene rings is 1. The van der Waals surface area contributed by atoms with Crippen molar-refractivity contribution >= 4 is 5.78 Å². The quantitative estimate of drug-likeness (QED) is 0.537. The molecule has 0 bridgehead atoms. The average molecular weight is 200 g/mol. The van der Waals surface area contributed by atoms with Crippen molar-refractivity contribution in [3.05, 3.63) is 47.0 Å². The second-order valence-electron chi connectivity index (χ2n) is 4.22. The third kappa shape index (κ3) is 2.56. The van der Waals surface area contributed by atoms with Crippen molar-refractivity contribution in [3.63, 3.8) is 0 Å². The van der Waals surface area contributed by atoms with Gasteiger partial charge in [-0.1, -0.05) is 41.5 Å². The smallest absolute Gasteiger partial charge is 0.166 e. The Morgan fingerprint density at radius 1 is 1.27 bits per heavy atom. The summed E-state index contributed by atoms with van der Waals surface area (Å²) in [5.74, 6) is 0.253. The number of carbonyl (C=O) groups is 1. The summed E-state index contributed by atoms with van der Waals surface area (Å²) in [7, 11) is 0. The van der Waals surface area contributed by atoms with Gasteiger partial charge in [-0.15, -0.1) is 0 Å². The van der Waals surface area contributed by atoms with Gasteiger partial charge < -0.3 is 0 Å². The van der Waals surface area contributed by atoms with Crippen molar-refractivity contribution in [1.29, 1.82) is 0 Å². The van der Waals surface area contributed by atoms with Crippen molar-refractivity contribution < 1.29 is 4.79 Å². The van der Waals surface area contributed by atoms with Gasteiger partial charge in [0.2, 0.25) is 0 Å². The fraction of sp³-hybridized carbons (Fsp3) is 0.357. The molecule has 2 rings (SSSR count). The molecule has 78 valence electrons. The van der Waals surface area contributed by atoms with E-state index in [9.17, 15) is 4.79 Å². The van der Waals surface area contributed by atoms with E-state index in [1.807, 2.05) is 31.2 Å². The number of allylic oxidation sites excluding steroid dienone is 2. The molecule has 1 nitrogen and oxygen atoms in total. The summed E-state index contributed by atoms with van der Waals surface area (Å²) >= 11 is 0. The Morgan fingerprint density at radius 3 is 2.60 bits per heavy atom. The Kier molecular flexibility index (Phi) is 3.00. The van der Waals surface area contributed by atoms with Gasteiger partial charge in [0, 0.05) is 12.0 Å². The highest BCUT2D eigenvalue weighted by atomic mass is 16.1. The number of rotatable bonds is 3. The lowest BCUT2D eigenvalue weighted by molar-refractivity contribution is 0.0992. The maximum atomic E-state index is 11.9. The standard InChI is InChI=1S/C14H16O/c1-11-6-8-13(9-7-11)14(15)10-12-4-2-3-5-12/h4,6-9H,2-3,5,10H2,1H3. The minimum Gasteiger partial charge on any atom is -0.294 e. The Balaban J connectivity index is 2.04. The molecule has 0 atom stereocenters. The van der Waals surface area contributed by atoms with Gasteiger partial charge in [-0.3, -0.25) is 4.79 Å². The van der Waals surface area contributed by atoms with Gasteiger partial charge in [-0.2, -0.15) is 0 Å². The van der Waals surface area contributed by atoms with Crippen molar-refractivity contribution in [2.75, 3.05) is 0 Å². The number of ketones is 1. The first-order valence-electron chi connectivity index (χ1n) is 5.53. The highest BCUT2D eigenvalue weighted by Crippen LogP contribution is 2.22. The molecule has 1 aromatic carbocycles. The second-order valence-corrected chi connectivity index (χ2v) is 4.22. The molecule has 0 aromatic heterocycles. The summed E-state index contributed by atoms with van der Waals surface area (Å²) in [6, 6.07) is 7.84. The predicted molar refractivity (Wildman–Crippen MR) is 62.1 cm³/mol. The van der Waals surface area contributed by atoms with Crippen molar-refractivity contribution in [1.82, 2.24) is 0 Å². The molecule has 0 fully saturated rings. The molecule has 1 aliphatic carbocycles. The first-order valence-corrected chi connectivity index (χ1v) is 5.53. The Morgan fingerprint density at radius 2 is 2.00 bits per heavy atom. The molecule has 0 amide bonds. The maximum absolute atomic E-state index is 11.9. The SMILES string of the molecule is Cc1ccc(C(=O)CC2=CCCC2)cc1. The van der Waals surface area contributed by atoms with Crippen LogP contribution >= 0.6 is 0 Å². The van der Waals surface area contributed by atoms with Crippen LogP contribution < -0.4 is 0 Å². The van der Waals surface area contributed by atoms with E-state index in [0.717, 1.165) is 18.4 Å². The number of hydrogen-bond acceptors (Lipinski definition) is 1. The van der Waals surface area contributed by atoms with Gasteiger partial charge in [0.1, 0.15) is 0 Å². The van der Waals surface area contributed by atoms with Crippen LogP contribution in [0.5, 0.6) is 0 Å². The first kappa shape index (κ1) is 10.2. The Bertz CT molecular complexity index is 384. The highest BCUT2D eigenvalue weighted by Gasteiger charge is 2.11. The van der Waals surface area contributed by atoms with E-state index in [1.54, 1.807) is 0 Å². The van der Waals surface area contributed by atoms with Crippen LogP contribution in [0.4, 0.5) is 0 Å². The molecule has 0 radical (unpaired) electrons. The monoisotopic (exact) mass is 200 g/mol. The summed E-state index contributed by atoms with van der Waals surface area (Å²) in [5, 5.41) is 0. The van der Waals surface area contributed by atoms with Gasteiger partial charge in [0.05, 0.1) is 0 Å². The molecule has 0 saturated heterocycles. The summed E-state index contributed by atoms with van der Waals surface area (Å²) in [6.07, 6.45) is 6.31. The molecule has 1 aromatic rings. The number of hydrogen-bond donors (Lipinski definition) is 0. The van der Waals surface area contributed by atoms with Crippen LogP contribution in [0.2, 0.25) is 0 Å². The van der Waals surface area contributed by atoms with Gasteiger partial charge in [-0.25, -0.2) is 0 Å². The molecule has 0 N–H and O–H groups in total. The van der Waals surface area contributed by atoms with Crippen LogP contribution in [0.25, 0.3) is 0 Å². The number of aryl methyl sites for hydroxylation is 1. The molecule has 0 aliphatic heterocycles. The predicted octanol–water partition coefficient (Wildman–Crippen LogP) is 3.68. The molecule has 1 heteroatoms.